The number of allylic oxidation sites excluding steroid dienone is 8. The number of carbonyl (C=O) groups is 4. The molecule has 0 heterocycles. The van der Waals surface area contributed by atoms with E-state index in [1.807, 2.05) is 166 Å². The van der Waals surface area contributed by atoms with Gasteiger partial charge < -0.3 is 20.4 Å². The van der Waals surface area contributed by atoms with Crippen molar-refractivity contribution in [2.24, 2.45) is 43.3 Å². The standard InChI is InChI=1S/4C11H20O2.Hf/c4*1-10(2,3)8(12)7-9(13)11(4,5)6;/h4*7,12H,1-6H3;/b4*8-7-;. The van der Waals surface area contributed by atoms with Gasteiger partial charge in [-0.1, -0.05) is 166 Å². The molecule has 0 bridgehead atoms. The number of aliphatic hydroxyl groups is 4. The van der Waals surface area contributed by atoms with Crippen LogP contribution < -0.4 is 0 Å². The summed E-state index contributed by atoms with van der Waals surface area (Å²) in [5.41, 5.74) is -3.06. The summed E-state index contributed by atoms with van der Waals surface area (Å²) in [6.45, 7) is 44.5. The van der Waals surface area contributed by atoms with Crippen LogP contribution in [0.25, 0.3) is 0 Å². The summed E-state index contributed by atoms with van der Waals surface area (Å²) in [4.78, 5) is 45.9. The molecule has 0 aromatic rings. The molecule has 308 valence electrons. The molecular formula is C44H80HfO8. The van der Waals surface area contributed by atoms with E-state index in [1.165, 1.54) is 24.3 Å². The van der Waals surface area contributed by atoms with Crippen LogP contribution in [0, 0.1) is 43.3 Å². The van der Waals surface area contributed by atoms with Gasteiger partial charge in [0.25, 0.3) is 0 Å². The first-order valence-corrected chi connectivity index (χ1v) is 18.0. The predicted octanol–water partition coefficient (Wildman–Crippen LogP) is 12.4. The molecule has 0 amide bonds. The molecule has 0 aliphatic carbocycles. The van der Waals surface area contributed by atoms with Crippen molar-refractivity contribution in [3.8, 4) is 0 Å². The molecule has 0 unspecified atom stereocenters. The Morgan fingerprint density at radius 3 is 0.415 bits per heavy atom. The smallest absolute Gasteiger partial charge is 0.164 e. The number of aliphatic hydroxyl groups excluding tert-OH is 4. The minimum absolute atomic E-state index is 0. The Balaban J connectivity index is -0.000000192. The van der Waals surface area contributed by atoms with Gasteiger partial charge in [0.2, 0.25) is 0 Å². The quantitative estimate of drug-likeness (QED) is 0.124. The summed E-state index contributed by atoms with van der Waals surface area (Å²) in [6.07, 6.45) is 5.33. The third-order valence-electron chi connectivity index (χ3n) is 7.10. The SMILES string of the molecule is CC(C)(C)C(=O)/C=C(\O)C(C)(C)C.CC(C)(C)C(=O)/C=C(\O)C(C)(C)C.CC(C)(C)C(=O)/C=C(\O)C(C)(C)C.CC(C)(C)C(=O)/C=C(\O)C(C)(C)C.[Hf]. The Hall–Kier alpha value is -2.29. The summed E-state index contributed by atoms with van der Waals surface area (Å²) in [5, 5.41) is 38.2. The van der Waals surface area contributed by atoms with E-state index in [0.29, 0.717) is 0 Å². The molecular weight excluding hydrogens is 835 g/mol. The van der Waals surface area contributed by atoms with E-state index in [2.05, 4.69) is 0 Å². The van der Waals surface area contributed by atoms with E-state index in [9.17, 15) is 39.6 Å². The zero-order valence-electron chi connectivity index (χ0n) is 38.2. The maximum absolute atomic E-state index is 11.5. The van der Waals surface area contributed by atoms with Crippen LogP contribution >= 0.6 is 0 Å². The fourth-order valence-electron chi connectivity index (χ4n) is 2.23. The first-order valence-electron chi connectivity index (χ1n) is 18.0. The Morgan fingerprint density at radius 2 is 0.358 bits per heavy atom. The summed E-state index contributed by atoms with van der Waals surface area (Å²) in [6, 6.07) is 0. The van der Waals surface area contributed by atoms with E-state index in [0.717, 1.165) is 0 Å². The molecule has 0 aliphatic heterocycles. The third-order valence-corrected chi connectivity index (χ3v) is 7.10. The Bertz CT molecular complexity index is 1110. The summed E-state index contributed by atoms with van der Waals surface area (Å²) < 4.78 is 0. The van der Waals surface area contributed by atoms with Crippen LogP contribution in [0.4, 0.5) is 0 Å². The maximum atomic E-state index is 11.5. The van der Waals surface area contributed by atoms with Gasteiger partial charge in [0.1, 0.15) is 23.0 Å². The van der Waals surface area contributed by atoms with Crippen molar-refractivity contribution in [1.82, 2.24) is 0 Å². The van der Waals surface area contributed by atoms with Gasteiger partial charge in [-0.3, -0.25) is 19.2 Å². The molecule has 8 nitrogen and oxygen atoms in total. The van der Waals surface area contributed by atoms with Crippen molar-refractivity contribution in [1.29, 1.82) is 0 Å². The van der Waals surface area contributed by atoms with Crippen molar-refractivity contribution >= 4 is 23.1 Å². The van der Waals surface area contributed by atoms with Gasteiger partial charge in [-0.2, -0.15) is 0 Å². The molecule has 0 aromatic carbocycles. The minimum atomic E-state index is -0.417. The largest absolute Gasteiger partial charge is 0.512 e. The number of hydrogen-bond donors (Lipinski definition) is 4. The van der Waals surface area contributed by atoms with Crippen LogP contribution in [0.1, 0.15) is 166 Å². The molecule has 0 spiro atoms. The van der Waals surface area contributed by atoms with Crippen LogP contribution in [-0.2, 0) is 45.0 Å². The van der Waals surface area contributed by atoms with Gasteiger partial charge in [0.05, 0.1) is 0 Å². The van der Waals surface area contributed by atoms with Crippen LogP contribution in [0.3, 0.4) is 0 Å². The molecule has 0 saturated heterocycles. The fourth-order valence-corrected chi connectivity index (χ4v) is 2.23. The molecule has 0 aliphatic rings. The van der Waals surface area contributed by atoms with E-state index >= 15 is 0 Å². The Labute approximate surface area is 343 Å². The second kappa shape index (κ2) is 21.7. The molecule has 0 rings (SSSR count). The van der Waals surface area contributed by atoms with E-state index in [-0.39, 0.29) is 93.7 Å². The summed E-state index contributed by atoms with van der Waals surface area (Å²) in [5.74, 6) is 0.416. The van der Waals surface area contributed by atoms with Gasteiger partial charge in [0.15, 0.2) is 23.1 Å². The van der Waals surface area contributed by atoms with Gasteiger partial charge >= 0.3 is 0 Å². The fraction of sp³-hybridized carbons (Fsp3) is 0.727. The molecule has 4 N–H and O–H groups in total. The number of rotatable bonds is 4. The second-order valence-corrected chi connectivity index (χ2v) is 21.6. The van der Waals surface area contributed by atoms with Crippen molar-refractivity contribution in [3.05, 3.63) is 47.3 Å². The average Bonchev–Trinajstić information content (AvgIpc) is 2.85. The molecule has 0 atom stereocenters. The van der Waals surface area contributed by atoms with Crippen molar-refractivity contribution in [2.75, 3.05) is 0 Å². The first kappa shape index (κ1) is 60.0. The van der Waals surface area contributed by atoms with E-state index in [4.69, 9.17) is 0 Å². The second-order valence-electron chi connectivity index (χ2n) is 21.6. The van der Waals surface area contributed by atoms with Crippen LogP contribution in [0.15, 0.2) is 47.3 Å². The van der Waals surface area contributed by atoms with E-state index < -0.39 is 21.7 Å². The van der Waals surface area contributed by atoms with Gasteiger partial charge in [-0.05, 0) is 0 Å². The maximum Gasteiger partial charge on any atom is 0.164 e. The summed E-state index contributed by atoms with van der Waals surface area (Å²) >= 11 is 0. The number of carbonyl (C=O) groups excluding carboxylic acids is 4. The first-order chi connectivity index (χ1) is 22.2. The van der Waals surface area contributed by atoms with Gasteiger partial charge in [-0.15, -0.1) is 0 Å². The van der Waals surface area contributed by atoms with Crippen LogP contribution in [0.2, 0.25) is 0 Å². The van der Waals surface area contributed by atoms with Crippen molar-refractivity contribution in [2.45, 2.75) is 166 Å². The normalized spacial score (nSPS) is 14.2. The molecule has 0 radical (unpaired) electrons. The average molecular weight is 916 g/mol. The third kappa shape index (κ3) is 29.7. The van der Waals surface area contributed by atoms with E-state index in [1.54, 1.807) is 0 Å². The van der Waals surface area contributed by atoms with Crippen LogP contribution in [0.5, 0.6) is 0 Å². The zero-order chi connectivity index (χ0) is 43.4. The van der Waals surface area contributed by atoms with Gasteiger partial charge in [0, 0.05) is 93.5 Å². The van der Waals surface area contributed by atoms with Crippen molar-refractivity contribution < 1.29 is 65.4 Å². The monoisotopic (exact) mass is 917 g/mol. The summed E-state index contributed by atoms with van der Waals surface area (Å²) in [7, 11) is 0. The Morgan fingerprint density at radius 1 is 0.264 bits per heavy atom. The van der Waals surface area contributed by atoms with Gasteiger partial charge in [-0.25, -0.2) is 0 Å². The molecule has 9 heteroatoms. The zero-order valence-corrected chi connectivity index (χ0v) is 41.8. The minimum Gasteiger partial charge on any atom is -0.512 e. The van der Waals surface area contributed by atoms with Crippen molar-refractivity contribution in [3.63, 3.8) is 0 Å². The molecule has 0 aromatic heterocycles. The molecule has 0 saturated carbocycles. The Kier molecular flexibility index (Phi) is 24.6. The predicted molar refractivity (Wildman–Crippen MR) is 219 cm³/mol. The molecule has 53 heavy (non-hydrogen) atoms. The molecule has 0 fully saturated rings. The van der Waals surface area contributed by atoms with Crippen LogP contribution in [-0.4, -0.2) is 43.6 Å². The number of hydrogen-bond acceptors (Lipinski definition) is 8. The number of ketones is 4. The topological polar surface area (TPSA) is 149 Å².